The molecule has 1 rings (SSSR count). The summed E-state index contributed by atoms with van der Waals surface area (Å²) in [5.41, 5.74) is 0. The Morgan fingerprint density at radius 3 is 3.08 bits per heavy atom. The molecule has 1 amide bonds. The van der Waals surface area contributed by atoms with Crippen LogP contribution in [-0.2, 0) is 4.79 Å². The standard InChI is InChI=1S/C8H16N2O2S/c1-10(3-4-11)8(12)7-6-13-5-2-9-7/h7,9,11H,2-6H2,1H3. The van der Waals surface area contributed by atoms with E-state index < -0.39 is 0 Å². The van der Waals surface area contributed by atoms with Gasteiger partial charge in [-0.25, -0.2) is 0 Å². The van der Waals surface area contributed by atoms with Crippen molar-refractivity contribution in [3.8, 4) is 0 Å². The SMILES string of the molecule is CN(CCO)C(=O)C1CSCCN1. The van der Waals surface area contributed by atoms with Gasteiger partial charge in [0.05, 0.1) is 12.6 Å². The lowest BCUT2D eigenvalue weighted by Crippen LogP contribution is -2.49. The monoisotopic (exact) mass is 204 g/mol. The number of hydrogen-bond acceptors (Lipinski definition) is 4. The molecule has 0 bridgehead atoms. The summed E-state index contributed by atoms with van der Waals surface area (Å²) >= 11 is 1.79. The lowest BCUT2D eigenvalue weighted by molar-refractivity contribution is -0.132. The van der Waals surface area contributed by atoms with Crippen molar-refractivity contribution in [3.63, 3.8) is 0 Å². The average molecular weight is 204 g/mol. The first-order chi connectivity index (χ1) is 6.25. The zero-order chi connectivity index (χ0) is 9.68. The third-order valence-corrected chi connectivity index (χ3v) is 3.09. The molecule has 2 N–H and O–H groups in total. The van der Waals surface area contributed by atoms with Gasteiger partial charge in [-0.15, -0.1) is 0 Å². The van der Waals surface area contributed by atoms with Crippen LogP contribution in [0.5, 0.6) is 0 Å². The van der Waals surface area contributed by atoms with Crippen LogP contribution < -0.4 is 5.32 Å². The van der Waals surface area contributed by atoms with E-state index >= 15 is 0 Å². The van der Waals surface area contributed by atoms with E-state index in [0.717, 1.165) is 18.1 Å². The Morgan fingerprint density at radius 1 is 1.77 bits per heavy atom. The number of carbonyl (C=O) groups excluding carboxylic acids is 1. The van der Waals surface area contributed by atoms with Gasteiger partial charge in [0.1, 0.15) is 0 Å². The van der Waals surface area contributed by atoms with Gasteiger partial charge in [-0.2, -0.15) is 11.8 Å². The third kappa shape index (κ3) is 3.17. The van der Waals surface area contributed by atoms with Crippen LogP contribution >= 0.6 is 11.8 Å². The number of rotatable bonds is 3. The van der Waals surface area contributed by atoms with Crippen LogP contribution in [0.4, 0.5) is 0 Å². The van der Waals surface area contributed by atoms with E-state index in [9.17, 15) is 4.79 Å². The first-order valence-electron chi connectivity index (χ1n) is 4.42. The molecule has 1 heterocycles. The topological polar surface area (TPSA) is 52.6 Å². The van der Waals surface area contributed by atoms with Gasteiger partial charge in [0.15, 0.2) is 0 Å². The number of thioether (sulfide) groups is 1. The van der Waals surface area contributed by atoms with Gasteiger partial charge in [-0.3, -0.25) is 4.79 Å². The van der Waals surface area contributed by atoms with Crippen LogP contribution in [0.25, 0.3) is 0 Å². The van der Waals surface area contributed by atoms with Crippen molar-refractivity contribution in [2.75, 3.05) is 38.2 Å². The number of hydrogen-bond donors (Lipinski definition) is 2. The number of aliphatic hydroxyl groups excluding tert-OH is 1. The van der Waals surface area contributed by atoms with Crippen molar-refractivity contribution in [1.82, 2.24) is 10.2 Å². The van der Waals surface area contributed by atoms with E-state index in [1.54, 1.807) is 23.7 Å². The molecule has 0 aromatic heterocycles. The normalized spacial score (nSPS) is 22.8. The van der Waals surface area contributed by atoms with Crippen LogP contribution in [0.3, 0.4) is 0 Å². The Hall–Kier alpha value is -0.260. The fourth-order valence-electron chi connectivity index (χ4n) is 1.25. The predicted molar refractivity (Wildman–Crippen MR) is 53.8 cm³/mol. The second-order valence-electron chi connectivity index (χ2n) is 3.07. The molecule has 13 heavy (non-hydrogen) atoms. The van der Waals surface area contributed by atoms with Gasteiger partial charge in [0.2, 0.25) is 5.91 Å². The molecule has 76 valence electrons. The first kappa shape index (κ1) is 10.8. The maximum Gasteiger partial charge on any atom is 0.240 e. The third-order valence-electron chi connectivity index (χ3n) is 2.03. The maximum atomic E-state index is 11.6. The van der Waals surface area contributed by atoms with Gasteiger partial charge < -0.3 is 15.3 Å². The van der Waals surface area contributed by atoms with Crippen LogP contribution in [0.2, 0.25) is 0 Å². The predicted octanol–water partition coefficient (Wildman–Crippen LogP) is -0.858. The van der Waals surface area contributed by atoms with Gasteiger partial charge >= 0.3 is 0 Å². The Morgan fingerprint density at radius 2 is 2.54 bits per heavy atom. The van der Waals surface area contributed by atoms with Crippen LogP contribution in [0.1, 0.15) is 0 Å². The summed E-state index contributed by atoms with van der Waals surface area (Å²) in [7, 11) is 1.72. The maximum absolute atomic E-state index is 11.6. The molecule has 1 saturated heterocycles. The highest BCUT2D eigenvalue weighted by Gasteiger charge is 2.23. The quantitative estimate of drug-likeness (QED) is 0.628. The van der Waals surface area contributed by atoms with Gasteiger partial charge in [-0.1, -0.05) is 0 Å². The molecule has 0 aromatic carbocycles. The highest BCUT2D eigenvalue weighted by Crippen LogP contribution is 2.09. The van der Waals surface area contributed by atoms with Crippen molar-refractivity contribution in [1.29, 1.82) is 0 Å². The van der Waals surface area contributed by atoms with Gasteiger partial charge in [-0.05, 0) is 0 Å². The second kappa shape index (κ2) is 5.47. The minimum atomic E-state index is -0.0599. The minimum Gasteiger partial charge on any atom is -0.395 e. The van der Waals surface area contributed by atoms with E-state index in [4.69, 9.17) is 5.11 Å². The molecule has 1 fully saturated rings. The average Bonchev–Trinajstić information content (AvgIpc) is 2.18. The lowest BCUT2D eigenvalue weighted by atomic mass is 10.3. The number of nitrogens with one attached hydrogen (secondary N) is 1. The molecule has 0 aromatic rings. The van der Waals surface area contributed by atoms with Crippen LogP contribution in [0, 0.1) is 0 Å². The molecule has 0 radical (unpaired) electrons. The Kier molecular flexibility index (Phi) is 4.55. The molecule has 1 aliphatic rings. The van der Waals surface area contributed by atoms with E-state index in [-0.39, 0.29) is 18.6 Å². The lowest BCUT2D eigenvalue weighted by Gasteiger charge is -2.26. The summed E-state index contributed by atoms with van der Waals surface area (Å²) in [6.45, 7) is 1.35. The van der Waals surface area contributed by atoms with Gasteiger partial charge in [0, 0.05) is 31.6 Å². The summed E-state index contributed by atoms with van der Waals surface area (Å²) in [6, 6.07) is -0.0599. The smallest absolute Gasteiger partial charge is 0.240 e. The zero-order valence-corrected chi connectivity index (χ0v) is 8.64. The summed E-state index contributed by atoms with van der Waals surface area (Å²) in [5.74, 6) is 2.00. The van der Waals surface area contributed by atoms with Crippen molar-refractivity contribution < 1.29 is 9.90 Å². The Labute approximate surface area is 82.7 Å². The molecule has 1 atom stereocenters. The number of carbonyl (C=O) groups is 1. The van der Waals surface area contributed by atoms with Crippen molar-refractivity contribution >= 4 is 17.7 Å². The number of nitrogens with zero attached hydrogens (tertiary/aromatic N) is 1. The minimum absolute atomic E-state index is 0.0299. The van der Waals surface area contributed by atoms with E-state index in [0.29, 0.717) is 6.54 Å². The van der Waals surface area contributed by atoms with Crippen molar-refractivity contribution in [3.05, 3.63) is 0 Å². The fraction of sp³-hybridized carbons (Fsp3) is 0.875. The Bertz CT molecular complexity index is 172. The van der Waals surface area contributed by atoms with Crippen molar-refractivity contribution in [2.24, 2.45) is 0 Å². The summed E-state index contributed by atoms with van der Waals surface area (Å²) < 4.78 is 0. The zero-order valence-electron chi connectivity index (χ0n) is 7.82. The summed E-state index contributed by atoms with van der Waals surface area (Å²) in [5, 5.41) is 11.8. The molecular weight excluding hydrogens is 188 g/mol. The highest BCUT2D eigenvalue weighted by molar-refractivity contribution is 7.99. The summed E-state index contributed by atoms with van der Waals surface area (Å²) in [6.07, 6.45) is 0. The Balaban J connectivity index is 2.36. The highest BCUT2D eigenvalue weighted by atomic mass is 32.2. The number of amides is 1. The molecule has 0 spiro atoms. The van der Waals surface area contributed by atoms with E-state index in [1.165, 1.54) is 0 Å². The van der Waals surface area contributed by atoms with Crippen LogP contribution in [-0.4, -0.2) is 60.2 Å². The second-order valence-corrected chi connectivity index (χ2v) is 4.21. The molecule has 5 heteroatoms. The van der Waals surface area contributed by atoms with Crippen molar-refractivity contribution in [2.45, 2.75) is 6.04 Å². The van der Waals surface area contributed by atoms with Crippen LogP contribution in [0.15, 0.2) is 0 Å². The van der Waals surface area contributed by atoms with E-state index in [1.807, 2.05) is 0 Å². The largest absolute Gasteiger partial charge is 0.395 e. The molecule has 1 unspecified atom stereocenters. The number of aliphatic hydroxyl groups is 1. The summed E-state index contributed by atoms with van der Waals surface area (Å²) in [4.78, 5) is 13.2. The fourth-order valence-corrected chi connectivity index (χ4v) is 2.18. The molecule has 0 aliphatic carbocycles. The molecule has 4 nitrogen and oxygen atoms in total. The molecule has 0 saturated carbocycles. The number of likely N-dealkylation sites (N-methyl/N-ethyl adjacent to an activating group) is 1. The van der Waals surface area contributed by atoms with E-state index in [2.05, 4.69) is 5.32 Å². The van der Waals surface area contributed by atoms with Gasteiger partial charge in [0.25, 0.3) is 0 Å². The molecule has 1 aliphatic heterocycles. The first-order valence-corrected chi connectivity index (χ1v) is 5.58. The molecular formula is C8H16N2O2S.